The van der Waals surface area contributed by atoms with Crippen molar-refractivity contribution in [3.05, 3.63) is 18.0 Å². The van der Waals surface area contributed by atoms with Crippen LogP contribution in [-0.2, 0) is 16.1 Å². The van der Waals surface area contributed by atoms with Crippen molar-refractivity contribution in [3.8, 4) is 0 Å². The highest BCUT2D eigenvalue weighted by Gasteiger charge is 2.35. The topological polar surface area (TPSA) is 86.3 Å². The summed E-state index contributed by atoms with van der Waals surface area (Å²) in [5.74, 6) is -1.27. The Balaban J connectivity index is 1.90. The molecule has 6 heteroatoms. The van der Waals surface area contributed by atoms with Gasteiger partial charge in [0, 0.05) is 31.3 Å². The second-order valence-electron chi connectivity index (χ2n) is 4.85. The van der Waals surface area contributed by atoms with Gasteiger partial charge in [0.2, 0.25) is 5.91 Å². The fourth-order valence-electron chi connectivity index (χ4n) is 2.46. The highest BCUT2D eigenvalue weighted by molar-refractivity contribution is 5.80. The third-order valence-electron chi connectivity index (χ3n) is 3.48. The van der Waals surface area contributed by atoms with Crippen molar-refractivity contribution >= 4 is 11.9 Å². The van der Waals surface area contributed by atoms with E-state index in [9.17, 15) is 9.59 Å². The molecule has 1 aromatic heterocycles. The van der Waals surface area contributed by atoms with E-state index in [0.717, 1.165) is 5.56 Å². The van der Waals surface area contributed by atoms with E-state index < -0.39 is 5.97 Å². The minimum Gasteiger partial charge on any atom is -0.481 e. The van der Waals surface area contributed by atoms with Gasteiger partial charge in [-0.05, 0) is 19.3 Å². The average molecular weight is 251 g/mol. The van der Waals surface area contributed by atoms with E-state index in [1.807, 2.05) is 0 Å². The molecule has 0 spiro atoms. The Hall–Kier alpha value is -1.85. The van der Waals surface area contributed by atoms with Crippen LogP contribution in [0, 0.1) is 11.8 Å². The van der Waals surface area contributed by atoms with E-state index in [-0.39, 0.29) is 17.7 Å². The summed E-state index contributed by atoms with van der Waals surface area (Å²) in [5, 5.41) is 15.4. The SMILES string of the molecule is CN(Cc1cn[nH]c1)C(=O)C1CCC(C(=O)O)C1. The Morgan fingerprint density at radius 2 is 2.22 bits per heavy atom. The summed E-state index contributed by atoms with van der Waals surface area (Å²) >= 11 is 0. The van der Waals surface area contributed by atoms with Crippen molar-refractivity contribution in [1.82, 2.24) is 15.1 Å². The van der Waals surface area contributed by atoms with Gasteiger partial charge in [0.15, 0.2) is 0 Å². The summed E-state index contributed by atoms with van der Waals surface area (Å²) in [5.41, 5.74) is 0.943. The minimum absolute atomic E-state index is 0.0277. The number of hydrogen-bond acceptors (Lipinski definition) is 3. The monoisotopic (exact) mass is 251 g/mol. The van der Waals surface area contributed by atoms with Crippen LogP contribution >= 0.6 is 0 Å². The maximum absolute atomic E-state index is 12.1. The number of aromatic nitrogens is 2. The zero-order valence-corrected chi connectivity index (χ0v) is 10.3. The molecule has 2 rings (SSSR count). The van der Waals surface area contributed by atoms with E-state index in [1.54, 1.807) is 24.3 Å². The first-order valence-electron chi connectivity index (χ1n) is 6.03. The Morgan fingerprint density at radius 1 is 1.50 bits per heavy atom. The molecule has 1 amide bonds. The van der Waals surface area contributed by atoms with E-state index in [0.29, 0.717) is 25.8 Å². The first-order valence-corrected chi connectivity index (χ1v) is 6.03. The lowest BCUT2D eigenvalue weighted by Crippen LogP contribution is -2.31. The number of carbonyl (C=O) groups excluding carboxylic acids is 1. The van der Waals surface area contributed by atoms with Crippen LogP contribution < -0.4 is 0 Å². The predicted octanol–water partition coefficient (Wildman–Crippen LogP) is 0.869. The lowest BCUT2D eigenvalue weighted by atomic mass is 10.0. The number of rotatable bonds is 4. The van der Waals surface area contributed by atoms with Gasteiger partial charge in [-0.25, -0.2) is 0 Å². The number of H-pyrrole nitrogens is 1. The molecule has 1 saturated carbocycles. The molecular formula is C12H17N3O3. The van der Waals surface area contributed by atoms with Crippen LogP contribution in [0.1, 0.15) is 24.8 Å². The van der Waals surface area contributed by atoms with Crippen LogP contribution in [0.3, 0.4) is 0 Å². The number of nitrogens with one attached hydrogen (secondary N) is 1. The van der Waals surface area contributed by atoms with Crippen LogP contribution in [0.25, 0.3) is 0 Å². The van der Waals surface area contributed by atoms with Crippen molar-refractivity contribution in [2.45, 2.75) is 25.8 Å². The van der Waals surface area contributed by atoms with E-state index >= 15 is 0 Å². The molecule has 18 heavy (non-hydrogen) atoms. The Labute approximate surface area is 105 Å². The third-order valence-corrected chi connectivity index (χ3v) is 3.48. The average Bonchev–Trinajstić information content (AvgIpc) is 2.98. The molecule has 6 nitrogen and oxygen atoms in total. The number of aliphatic carboxylic acids is 1. The molecule has 2 atom stereocenters. The molecule has 0 radical (unpaired) electrons. The van der Waals surface area contributed by atoms with Crippen molar-refractivity contribution in [2.24, 2.45) is 11.8 Å². The highest BCUT2D eigenvalue weighted by atomic mass is 16.4. The summed E-state index contributed by atoms with van der Waals surface area (Å²) in [7, 11) is 1.74. The number of amides is 1. The molecule has 2 N–H and O–H groups in total. The summed E-state index contributed by atoms with van der Waals surface area (Å²) in [6.45, 7) is 0.504. The van der Waals surface area contributed by atoms with Gasteiger partial charge in [0.1, 0.15) is 0 Å². The summed E-state index contributed by atoms with van der Waals surface area (Å²) in [4.78, 5) is 24.6. The van der Waals surface area contributed by atoms with E-state index in [1.165, 1.54) is 0 Å². The molecule has 1 aromatic rings. The second-order valence-corrected chi connectivity index (χ2v) is 4.85. The first-order chi connectivity index (χ1) is 8.58. The van der Waals surface area contributed by atoms with Crippen LogP contribution in [0.2, 0.25) is 0 Å². The molecule has 1 aliphatic rings. The second kappa shape index (κ2) is 5.20. The van der Waals surface area contributed by atoms with Crippen LogP contribution in [0.5, 0.6) is 0 Å². The Kier molecular flexibility index (Phi) is 3.64. The number of carboxylic acid groups (broad SMARTS) is 1. The van der Waals surface area contributed by atoms with Gasteiger partial charge in [-0.1, -0.05) is 0 Å². The first kappa shape index (κ1) is 12.6. The van der Waals surface area contributed by atoms with Crippen LogP contribution in [0.4, 0.5) is 0 Å². The Morgan fingerprint density at radius 3 is 2.78 bits per heavy atom. The molecule has 98 valence electrons. The van der Waals surface area contributed by atoms with Crippen molar-refractivity contribution in [1.29, 1.82) is 0 Å². The number of carboxylic acids is 1. The van der Waals surface area contributed by atoms with Gasteiger partial charge in [-0.2, -0.15) is 5.10 Å². The fraction of sp³-hybridized carbons (Fsp3) is 0.583. The number of aromatic amines is 1. The minimum atomic E-state index is -0.789. The third kappa shape index (κ3) is 2.69. The largest absolute Gasteiger partial charge is 0.481 e. The normalized spacial score (nSPS) is 22.9. The van der Waals surface area contributed by atoms with Gasteiger partial charge in [-0.15, -0.1) is 0 Å². The molecule has 1 aliphatic carbocycles. The zero-order chi connectivity index (χ0) is 13.1. The van der Waals surface area contributed by atoms with Crippen molar-refractivity contribution in [2.75, 3.05) is 7.05 Å². The highest BCUT2D eigenvalue weighted by Crippen LogP contribution is 2.32. The number of carbonyl (C=O) groups is 2. The molecule has 0 bridgehead atoms. The van der Waals surface area contributed by atoms with Crippen molar-refractivity contribution < 1.29 is 14.7 Å². The molecule has 1 heterocycles. The van der Waals surface area contributed by atoms with Crippen LogP contribution in [0.15, 0.2) is 12.4 Å². The summed E-state index contributed by atoms with van der Waals surface area (Å²) in [6, 6.07) is 0. The van der Waals surface area contributed by atoms with Crippen molar-refractivity contribution in [3.63, 3.8) is 0 Å². The summed E-state index contributed by atoms with van der Waals surface area (Å²) in [6.07, 6.45) is 5.16. The van der Waals surface area contributed by atoms with Gasteiger partial charge >= 0.3 is 5.97 Å². The molecule has 2 unspecified atom stereocenters. The molecule has 0 saturated heterocycles. The Bertz CT molecular complexity index is 430. The molecule has 1 fully saturated rings. The maximum Gasteiger partial charge on any atom is 0.306 e. The lowest BCUT2D eigenvalue weighted by Gasteiger charge is -2.20. The van der Waals surface area contributed by atoms with Gasteiger partial charge in [-0.3, -0.25) is 14.7 Å². The van der Waals surface area contributed by atoms with Gasteiger partial charge < -0.3 is 10.0 Å². The molecule has 0 aliphatic heterocycles. The van der Waals surface area contributed by atoms with Gasteiger partial charge in [0.05, 0.1) is 12.1 Å². The number of hydrogen-bond donors (Lipinski definition) is 2. The smallest absolute Gasteiger partial charge is 0.306 e. The molecule has 0 aromatic carbocycles. The van der Waals surface area contributed by atoms with E-state index in [4.69, 9.17) is 5.11 Å². The van der Waals surface area contributed by atoms with E-state index in [2.05, 4.69) is 10.2 Å². The number of nitrogens with zero attached hydrogens (tertiary/aromatic N) is 2. The lowest BCUT2D eigenvalue weighted by molar-refractivity contribution is -0.141. The predicted molar refractivity (Wildman–Crippen MR) is 63.5 cm³/mol. The zero-order valence-electron chi connectivity index (χ0n) is 10.3. The standard InChI is InChI=1S/C12H17N3O3/c1-15(7-8-5-13-14-6-8)11(16)9-2-3-10(4-9)12(17)18/h5-6,9-10H,2-4,7H2,1H3,(H,13,14)(H,17,18). The van der Waals surface area contributed by atoms with Gasteiger partial charge in [0.25, 0.3) is 0 Å². The van der Waals surface area contributed by atoms with Crippen LogP contribution in [-0.4, -0.2) is 39.1 Å². The quantitative estimate of drug-likeness (QED) is 0.831. The fourth-order valence-corrected chi connectivity index (χ4v) is 2.46. The summed E-state index contributed by atoms with van der Waals surface area (Å²) < 4.78 is 0. The maximum atomic E-state index is 12.1. The molecular weight excluding hydrogens is 234 g/mol.